The molecule has 0 N–H and O–H groups in total. The van der Waals surface area contributed by atoms with Gasteiger partial charge in [-0.3, -0.25) is 14.4 Å². The van der Waals surface area contributed by atoms with Gasteiger partial charge in [0.2, 0.25) is 0 Å². The largest absolute Gasteiger partial charge is 0.462 e. The number of carbonyl (C=O) groups is 3. The highest BCUT2D eigenvalue weighted by Crippen LogP contribution is 2.14. The zero-order valence-electron chi connectivity index (χ0n) is 45.5. The summed E-state index contributed by atoms with van der Waals surface area (Å²) in [5.74, 6) is -0.959. The highest BCUT2D eigenvalue weighted by atomic mass is 16.6. The quantitative estimate of drug-likeness (QED) is 0.0262. The van der Waals surface area contributed by atoms with Crippen molar-refractivity contribution in [3.8, 4) is 0 Å². The summed E-state index contributed by atoms with van der Waals surface area (Å²) in [6.07, 6.45) is 78.0. The van der Waals surface area contributed by atoms with Crippen molar-refractivity contribution in [2.45, 2.75) is 264 Å². The summed E-state index contributed by atoms with van der Waals surface area (Å²) in [5, 5.41) is 0. The third-order valence-corrected chi connectivity index (χ3v) is 12.0. The Bertz CT molecular complexity index is 1440. The Labute approximate surface area is 431 Å². The molecule has 0 aliphatic heterocycles. The van der Waals surface area contributed by atoms with Gasteiger partial charge >= 0.3 is 17.9 Å². The number of esters is 3. The van der Waals surface area contributed by atoms with E-state index < -0.39 is 6.10 Å². The molecule has 0 radical (unpaired) electrons. The summed E-state index contributed by atoms with van der Waals surface area (Å²) in [6.45, 7) is 6.41. The van der Waals surface area contributed by atoms with Crippen molar-refractivity contribution in [3.05, 3.63) is 109 Å². The van der Waals surface area contributed by atoms with Crippen LogP contribution in [0.3, 0.4) is 0 Å². The van der Waals surface area contributed by atoms with Crippen LogP contribution >= 0.6 is 0 Å². The van der Waals surface area contributed by atoms with Crippen LogP contribution in [0.5, 0.6) is 0 Å². The van der Waals surface area contributed by atoms with E-state index in [-0.39, 0.29) is 31.1 Å². The van der Waals surface area contributed by atoms with Crippen LogP contribution in [0.1, 0.15) is 258 Å². The Morgan fingerprint density at radius 2 is 0.586 bits per heavy atom. The summed E-state index contributed by atoms with van der Waals surface area (Å²) in [7, 11) is 0. The summed E-state index contributed by atoms with van der Waals surface area (Å²) in [4.78, 5) is 38.1. The van der Waals surface area contributed by atoms with Crippen LogP contribution in [0.15, 0.2) is 109 Å². The molecule has 0 aromatic heterocycles. The van der Waals surface area contributed by atoms with E-state index in [1.165, 1.54) is 96.3 Å². The number of unbranched alkanes of at least 4 members (excludes halogenated alkanes) is 22. The van der Waals surface area contributed by atoms with Crippen molar-refractivity contribution in [1.29, 1.82) is 0 Å². The molecule has 6 heteroatoms. The van der Waals surface area contributed by atoms with Gasteiger partial charge in [0.25, 0.3) is 0 Å². The van der Waals surface area contributed by atoms with Crippen LogP contribution in [0.4, 0.5) is 0 Å². The third-order valence-electron chi connectivity index (χ3n) is 12.0. The molecule has 0 saturated carbocycles. The summed E-state index contributed by atoms with van der Waals surface area (Å²) in [5.41, 5.74) is 0. The van der Waals surface area contributed by atoms with E-state index in [4.69, 9.17) is 14.2 Å². The van der Waals surface area contributed by atoms with Gasteiger partial charge in [0.1, 0.15) is 13.2 Å². The molecule has 6 nitrogen and oxygen atoms in total. The van der Waals surface area contributed by atoms with Crippen LogP contribution in [0, 0.1) is 0 Å². The minimum Gasteiger partial charge on any atom is -0.462 e. The molecule has 0 saturated heterocycles. The van der Waals surface area contributed by atoms with Gasteiger partial charge in [-0.2, -0.15) is 0 Å². The van der Waals surface area contributed by atoms with Crippen molar-refractivity contribution in [2.24, 2.45) is 0 Å². The van der Waals surface area contributed by atoms with Crippen LogP contribution in [0.25, 0.3) is 0 Å². The summed E-state index contributed by atoms with van der Waals surface area (Å²) in [6, 6.07) is 0. The molecule has 70 heavy (non-hydrogen) atoms. The van der Waals surface area contributed by atoms with Crippen LogP contribution < -0.4 is 0 Å². The Morgan fingerprint density at radius 1 is 0.300 bits per heavy atom. The monoisotopic (exact) mass is 971 g/mol. The van der Waals surface area contributed by atoms with E-state index in [2.05, 4.69) is 130 Å². The fourth-order valence-electron chi connectivity index (χ4n) is 7.65. The van der Waals surface area contributed by atoms with Crippen molar-refractivity contribution >= 4 is 17.9 Å². The zero-order chi connectivity index (χ0) is 50.7. The maximum Gasteiger partial charge on any atom is 0.306 e. The molecule has 1 unspecified atom stereocenters. The highest BCUT2D eigenvalue weighted by Gasteiger charge is 2.19. The van der Waals surface area contributed by atoms with E-state index in [9.17, 15) is 14.4 Å². The predicted molar refractivity (Wildman–Crippen MR) is 302 cm³/mol. The molecular weight excluding hydrogens is 865 g/mol. The number of carbonyl (C=O) groups excluding carboxylic acids is 3. The smallest absolute Gasteiger partial charge is 0.306 e. The lowest BCUT2D eigenvalue weighted by Gasteiger charge is -2.18. The SMILES string of the molecule is CC/C=C\C/C=C\C/C=C\C/C=C\C/C=C\C/C=C\CCCCC(=O)OCC(COC(=O)CCCCCCC/C=C\CCC)OC(=O)CCCCCCCCCCC/C=C\C/C=C\CCCCCCC. The van der Waals surface area contributed by atoms with Gasteiger partial charge in [-0.25, -0.2) is 0 Å². The van der Waals surface area contributed by atoms with Crippen LogP contribution in [0.2, 0.25) is 0 Å². The predicted octanol–water partition coefficient (Wildman–Crippen LogP) is 19.5. The average Bonchev–Trinajstić information content (AvgIpc) is 3.36. The molecular formula is C64H106O6. The lowest BCUT2D eigenvalue weighted by atomic mass is 10.1. The molecule has 0 bridgehead atoms. The minimum absolute atomic E-state index is 0.0996. The number of allylic oxidation sites excluding steroid dienone is 18. The molecule has 1 atom stereocenters. The third kappa shape index (κ3) is 55.0. The Hall–Kier alpha value is -3.93. The van der Waals surface area contributed by atoms with Gasteiger partial charge in [-0.1, -0.05) is 226 Å². The van der Waals surface area contributed by atoms with E-state index in [1.54, 1.807) is 0 Å². The van der Waals surface area contributed by atoms with Gasteiger partial charge in [0.15, 0.2) is 6.10 Å². The molecule has 0 aliphatic rings. The molecule has 0 fully saturated rings. The fraction of sp³-hybridized carbons (Fsp3) is 0.672. The van der Waals surface area contributed by atoms with E-state index in [0.29, 0.717) is 19.3 Å². The molecule has 0 rings (SSSR count). The highest BCUT2D eigenvalue weighted by molar-refractivity contribution is 5.71. The molecule has 398 valence electrons. The van der Waals surface area contributed by atoms with Crippen molar-refractivity contribution < 1.29 is 28.6 Å². The van der Waals surface area contributed by atoms with E-state index >= 15 is 0 Å². The molecule has 0 aliphatic carbocycles. The minimum atomic E-state index is -0.803. The molecule has 0 heterocycles. The van der Waals surface area contributed by atoms with E-state index in [1.807, 2.05) is 0 Å². The number of hydrogen-bond acceptors (Lipinski definition) is 6. The lowest BCUT2D eigenvalue weighted by molar-refractivity contribution is -0.167. The molecule has 0 amide bonds. The van der Waals surface area contributed by atoms with Gasteiger partial charge in [-0.15, -0.1) is 0 Å². The number of rotatable bonds is 51. The topological polar surface area (TPSA) is 78.9 Å². The molecule has 0 aromatic rings. The second-order valence-electron chi connectivity index (χ2n) is 18.8. The first-order valence-electron chi connectivity index (χ1n) is 28.9. The fourth-order valence-corrected chi connectivity index (χ4v) is 7.65. The van der Waals surface area contributed by atoms with Crippen LogP contribution in [-0.2, 0) is 28.6 Å². The lowest BCUT2D eigenvalue weighted by Crippen LogP contribution is -2.30. The Morgan fingerprint density at radius 3 is 0.971 bits per heavy atom. The summed E-state index contributed by atoms with van der Waals surface area (Å²) >= 11 is 0. The first kappa shape index (κ1) is 66.1. The zero-order valence-corrected chi connectivity index (χ0v) is 45.5. The van der Waals surface area contributed by atoms with Crippen LogP contribution in [-0.4, -0.2) is 37.2 Å². The second kappa shape index (κ2) is 57.6. The maximum atomic E-state index is 12.9. The van der Waals surface area contributed by atoms with Gasteiger partial charge in [0, 0.05) is 19.3 Å². The maximum absolute atomic E-state index is 12.9. The molecule has 0 aromatic carbocycles. The van der Waals surface area contributed by atoms with Gasteiger partial charge < -0.3 is 14.2 Å². The Kier molecular flexibility index (Phi) is 54.4. The average molecular weight is 972 g/mol. The number of ether oxygens (including phenoxy) is 3. The van der Waals surface area contributed by atoms with Gasteiger partial charge in [-0.05, 0) is 122 Å². The standard InChI is InChI=1S/C64H106O6/c1-4-7-10-13-16-19-22-24-26-28-30-32-34-36-38-40-42-45-48-51-54-57-63(66)69-60-61(59-68-62(65)56-53-50-47-44-21-18-15-12-9-6-3)70-64(67)58-55-52-49-46-43-41-39-37-35-33-31-29-27-25-23-20-17-14-11-8-5-2/h7,10,12,15-16,19,23-26,29-32,36,38,42,45,61H,4-6,8-9,11,13-14,17-18,20-22,27-28,33-35,37,39-41,43-44,46-60H2,1-3H3/b10-7-,15-12-,19-16-,25-23-,26-24-,31-29-,32-30-,38-36-,45-42-. The van der Waals surface area contributed by atoms with Crippen molar-refractivity contribution in [3.63, 3.8) is 0 Å². The van der Waals surface area contributed by atoms with E-state index in [0.717, 1.165) is 122 Å². The van der Waals surface area contributed by atoms with Crippen molar-refractivity contribution in [2.75, 3.05) is 13.2 Å². The Balaban J connectivity index is 4.41. The summed E-state index contributed by atoms with van der Waals surface area (Å²) < 4.78 is 16.8. The number of hydrogen-bond donors (Lipinski definition) is 0. The normalized spacial score (nSPS) is 12.9. The molecule has 0 spiro atoms. The second-order valence-corrected chi connectivity index (χ2v) is 18.8. The van der Waals surface area contributed by atoms with Crippen molar-refractivity contribution in [1.82, 2.24) is 0 Å². The van der Waals surface area contributed by atoms with Gasteiger partial charge in [0.05, 0.1) is 0 Å². The first-order valence-corrected chi connectivity index (χ1v) is 28.9. The first-order chi connectivity index (χ1) is 34.5.